The number of nitrogens with one attached hydrogen (secondary N) is 1. The molecule has 2 aromatic heterocycles. The number of methoxy groups -OCH3 is 1. The zero-order valence-corrected chi connectivity index (χ0v) is 19.0. The van der Waals surface area contributed by atoms with Crippen LogP contribution in [0.1, 0.15) is 28.9 Å². The SMILES string of the molecule is COc1cccc(C(=O)N2CCC(C(=O)NCCc3csc(-c4cccs4)n3)CC2)c1. The molecule has 1 saturated heterocycles. The number of amides is 2. The minimum Gasteiger partial charge on any atom is -0.497 e. The van der Waals surface area contributed by atoms with Crippen LogP contribution < -0.4 is 10.1 Å². The first kappa shape index (κ1) is 21.5. The molecule has 6 nitrogen and oxygen atoms in total. The second kappa shape index (κ2) is 10.1. The molecule has 2 amide bonds. The van der Waals surface area contributed by atoms with Crippen LogP contribution in [-0.2, 0) is 11.2 Å². The molecule has 162 valence electrons. The summed E-state index contributed by atoms with van der Waals surface area (Å²) in [5, 5.41) is 8.18. The lowest BCUT2D eigenvalue weighted by Gasteiger charge is -2.31. The lowest BCUT2D eigenvalue weighted by molar-refractivity contribution is -0.126. The molecule has 1 aliphatic rings. The highest BCUT2D eigenvalue weighted by Crippen LogP contribution is 2.28. The predicted molar refractivity (Wildman–Crippen MR) is 124 cm³/mol. The summed E-state index contributed by atoms with van der Waals surface area (Å²) in [6.45, 7) is 1.75. The van der Waals surface area contributed by atoms with E-state index in [1.165, 1.54) is 4.88 Å². The van der Waals surface area contributed by atoms with E-state index < -0.39 is 0 Å². The second-order valence-electron chi connectivity index (χ2n) is 7.46. The highest BCUT2D eigenvalue weighted by atomic mass is 32.1. The van der Waals surface area contributed by atoms with Crippen molar-refractivity contribution < 1.29 is 14.3 Å². The van der Waals surface area contributed by atoms with Crippen LogP contribution in [-0.4, -0.2) is 48.4 Å². The first-order valence-electron chi connectivity index (χ1n) is 10.3. The standard InChI is InChI=1S/C23H25N3O3S2/c1-29-19-5-2-4-17(14-19)23(28)26-11-8-16(9-12-26)21(27)24-10-7-18-15-31-22(25-18)20-6-3-13-30-20/h2-6,13-16H,7-12H2,1H3,(H,24,27). The lowest BCUT2D eigenvalue weighted by Crippen LogP contribution is -2.43. The highest BCUT2D eigenvalue weighted by Gasteiger charge is 2.27. The van der Waals surface area contributed by atoms with Crippen molar-refractivity contribution in [3.05, 3.63) is 58.4 Å². The number of carbonyl (C=O) groups is 2. The van der Waals surface area contributed by atoms with Gasteiger partial charge in [-0.25, -0.2) is 4.98 Å². The molecule has 1 aliphatic heterocycles. The van der Waals surface area contributed by atoms with Gasteiger partial charge in [-0.3, -0.25) is 9.59 Å². The van der Waals surface area contributed by atoms with Gasteiger partial charge in [-0.2, -0.15) is 0 Å². The first-order valence-corrected chi connectivity index (χ1v) is 12.1. The van der Waals surface area contributed by atoms with E-state index in [1.54, 1.807) is 41.9 Å². The van der Waals surface area contributed by atoms with Crippen LogP contribution in [0.4, 0.5) is 0 Å². The van der Waals surface area contributed by atoms with Crippen LogP contribution >= 0.6 is 22.7 Å². The maximum atomic E-state index is 12.7. The van der Waals surface area contributed by atoms with Gasteiger partial charge in [0.15, 0.2) is 0 Å². The molecule has 0 saturated carbocycles. The Bertz CT molecular complexity index is 1020. The Labute approximate surface area is 189 Å². The Morgan fingerprint density at radius 1 is 1.19 bits per heavy atom. The summed E-state index contributed by atoms with van der Waals surface area (Å²) in [4.78, 5) is 32.9. The Hall–Kier alpha value is -2.71. The van der Waals surface area contributed by atoms with E-state index in [0.29, 0.717) is 43.8 Å². The van der Waals surface area contributed by atoms with E-state index in [1.807, 2.05) is 28.5 Å². The van der Waals surface area contributed by atoms with Crippen molar-refractivity contribution in [1.82, 2.24) is 15.2 Å². The van der Waals surface area contributed by atoms with E-state index in [0.717, 1.165) is 17.1 Å². The summed E-state index contributed by atoms with van der Waals surface area (Å²) >= 11 is 3.32. The van der Waals surface area contributed by atoms with Crippen molar-refractivity contribution in [2.24, 2.45) is 5.92 Å². The molecule has 4 rings (SSSR count). The van der Waals surface area contributed by atoms with Gasteiger partial charge in [-0.1, -0.05) is 12.1 Å². The van der Waals surface area contributed by atoms with Crippen molar-refractivity contribution in [2.45, 2.75) is 19.3 Å². The number of aromatic nitrogens is 1. The molecule has 0 aliphatic carbocycles. The van der Waals surface area contributed by atoms with Gasteiger partial charge in [0.1, 0.15) is 10.8 Å². The smallest absolute Gasteiger partial charge is 0.253 e. The van der Waals surface area contributed by atoms with Crippen LogP contribution in [0.25, 0.3) is 9.88 Å². The minimum absolute atomic E-state index is 0.0113. The summed E-state index contributed by atoms with van der Waals surface area (Å²) in [5.74, 6) is 0.680. The minimum atomic E-state index is -0.0496. The average molecular weight is 456 g/mol. The third-order valence-corrected chi connectivity index (χ3v) is 7.36. The molecular formula is C23H25N3O3S2. The average Bonchev–Trinajstić information content (AvgIpc) is 3.51. The van der Waals surface area contributed by atoms with E-state index in [2.05, 4.69) is 21.7 Å². The number of likely N-dealkylation sites (tertiary alicyclic amines) is 1. The van der Waals surface area contributed by atoms with E-state index >= 15 is 0 Å². The fraction of sp³-hybridized carbons (Fsp3) is 0.348. The normalized spacial score (nSPS) is 14.4. The molecule has 0 bridgehead atoms. The molecule has 0 radical (unpaired) electrons. The molecule has 1 aromatic carbocycles. The number of benzene rings is 1. The Morgan fingerprint density at radius 2 is 2.03 bits per heavy atom. The molecule has 1 fully saturated rings. The lowest BCUT2D eigenvalue weighted by atomic mass is 9.95. The van der Waals surface area contributed by atoms with Crippen molar-refractivity contribution in [1.29, 1.82) is 0 Å². The van der Waals surface area contributed by atoms with Crippen LogP contribution in [0.5, 0.6) is 5.75 Å². The van der Waals surface area contributed by atoms with Crippen LogP contribution in [0.15, 0.2) is 47.2 Å². The van der Waals surface area contributed by atoms with Gasteiger partial charge in [0.25, 0.3) is 5.91 Å². The van der Waals surface area contributed by atoms with Gasteiger partial charge in [0.05, 0.1) is 17.7 Å². The maximum Gasteiger partial charge on any atom is 0.253 e. The van der Waals surface area contributed by atoms with Crippen LogP contribution in [0, 0.1) is 5.92 Å². The molecule has 0 unspecified atom stereocenters. The van der Waals surface area contributed by atoms with Gasteiger partial charge >= 0.3 is 0 Å². The third-order valence-electron chi connectivity index (χ3n) is 5.43. The molecule has 3 aromatic rings. The summed E-state index contributed by atoms with van der Waals surface area (Å²) in [6.07, 6.45) is 2.09. The van der Waals surface area contributed by atoms with Gasteiger partial charge in [-0.05, 0) is 42.5 Å². The number of hydrogen-bond acceptors (Lipinski definition) is 6. The fourth-order valence-electron chi connectivity index (χ4n) is 3.68. The number of nitrogens with zero attached hydrogens (tertiary/aromatic N) is 2. The van der Waals surface area contributed by atoms with Crippen LogP contribution in [0.3, 0.4) is 0 Å². The molecule has 0 atom stereocenters. The Morgan fingerprint density at radius 3 is 2.77 bits per heavy atom. The largest absolute Gasteiger partial charge is 0.497 e. The van der Waals surface area contributed by atoms with Crippen molar-refractivity contribution in [2.75, 3.05) is 26.7 Å². The number of rotatable bonds is 7. The van der Waals surface area contributed by atoms with Gasteiger partial charge < -0.3 is 15.0 Å². The van der Waals surface area contributed by atoms with Crippen molar-refractivity contribution in [3.8, 4) is 15.6 Å². The second-order valence-corrected chi connectivity index (χ2v) is 9.27. The zero-order valence-electron chi connectivity index (χ0n) is 17.4. The van der Waals surface area contributed by atoms with Crippen molar-refractivity contribution in [3.63, 3.8) is 0 Å². The topological polar surface area (TPSA) is 71.5 Å². The summed E-state index contributed by atoms with van der Waals surface area (Å²) in [5.41, 5.74) is 1.62. The first-order chi connectivity index (χ1) is 15.1. The summed E-state index contributed by atoms with van der Waals surface area (Å²) in [6, 6.07) is 11.3. The number of piperidine rings is 1. The van der Waals surface area contributed by atoms with Gasteiger partial charge in [0.2, 0.25) is 5.91 Å². The van der Waals surface area contributed by atoms with Gasteiger partial charge in [-0.15, -0.1) is 22.7 Å². The monoisotopic (exact) mass is 455 g/mol. The van der Waals surface area contributed by atoms with E-state index in [-0.39, 0.29) is 17.7 Å². The summed E-state index contributed by atoms with van der Waals surface area (Å²) < 4.78 is 5.20. The Kier molecular flexibility index (Phi) is 6.99. The number of thiophene rings is 1. The Balaban J connectivity index is 1.22. The zero-order chi connectivity index (χ0) is 21.6. The number of hydrogen-bond donors (Lipinski definition) is 1. The van der Waals surface area contributed by atoms with Crippen LogP contribution in [0.2, 0.25) is 0 Å². The van der Waals surface area contributed by atoms with E-state index in [9.17, 15) is 9.59 Å². The molecule has 3 heterocycles. The molecule has 0 spiro atoms. The fourth-order valence-corrected chi connectivity index (χ4v) is 5.35. The molecular weight excluding hydrogens is 430 g/mol. The number of carbonyl (C=O) groups excluding carboxylic acids is 2. The van der Waals surface area contributed by atoms with Crippen molar-refractivity contribution >= 4 is 34.5 Å². The third kappa shape index (κ3) is 5.32. The maximum absolute atomic E-state index is 12.7. The van der Waals surface area contributed by atoms with Gasteiger partial charge in [0, 0.05) is 42.9 Å². The quantitative estimate of drug-likeness (QED) is 0.582. The van der Waals surface area contributed by atoms with E-state index in [4.69, 9.17) is 4.74 Å². The number of ether oxygens (including phenoxy) is 1. The molecule has 1 N–H and O–H groups in total. The summed E-state index contributed by atoms with van der Waals surface area (Å²) in [7, 11) is 1.59. The predicted octanol–water partition coefficient (Wildman–Crippen LogP) is 4.09. The highest BCUT2D eigenvalue weighted by molar-refractivity contribution is 7.20. The number of thiazole rings is 1. The molecule has 31 heavy (non-hydrogen) atoms. The molecule has 8 heteroatoms.